The molecule has 0 bridgehead atoms. The molecule has 0 aliphatic rings. The van der Waals surface area contributed by atoms with Gasteiger partial charge in [0.05, 0.1) is 6.61 Å². The molecule has 66 valence electrons. The second-order valence-electron chi connectivity index (χ2n) is 2.38. The van der Waals surface area contributed by atoms with E-state index >= 15 is 0 Å². The molecule has 0 spiro atoms. The Bertz CT molecular complexity index is 134. The zero-order valence-electron chi connectivity index (χ0n) is 6.97. The molecule has 0 N–H and O–H groups in total. The first kappa shape index (κ1) is 11.6. The molecule has 0 saturated heterocycles. The van der Waals surface area contributed by atoms with Gasteiger partial charge in [-0.3, -0.25) is 0 Å². The summed E-state index contributed by atoms with van der Waals surface area (Å²) < 4.78 is 5.32. The summed E-state index contributed by atoms with van der Waals surface area (Å²) in [4.78, 5) is 0. The van der Waals surface area contributed by atoms with Crippen molar-refractivity contribution in [2.24, 2.45) is 5.92 Å². The molecule has 0 aliphatic heterocycles. The lowest BCUT2D eigenvalue weighted by atomic mass is 10.2. The van der Waals surface area contributed by atoms with E-state index in [-0.39, 0.29) is 0 Å². The van der Waals surface area contributed by atoms with Gasteiger partial charge in [0.15, 0.2) is 0 Å². The number of rotatable bonds is 4. The van der Waals surface area contributed by atoms with E-state index in [1.54, 1.807) is 5.82 Å². The lowest BCUT2D eigenvalue weighted by Gasteiger charge is -2.11. The van der Waals surface area contributed by atoms with Gasteiger partial charge in [0.2, 0.25) is 0 Å². The van der Waals surface area contributed by atoms with Gasteiger partial charge in [-0.15, -0.1) is 0 Å². The first-order valence-electron chi connectivity index (χ1n) is 3.53. The molecule has 0 atom stereocenters. The van der Waals surface area contributed by atoms with E-state index in [1.165, 1.54) is 0 Å². The summed E-state index contributed by atoms with van der Waals surface area (Å²) in [6.45, 7) is 5.69. The molecule has 1 nitrogen and oxygen atoms in total. The molecule has 0 saturated carbocycles. The van der Waals surface area contributed by atoms with Crippen molar-refractivity contribution < 1.29 is 4.74 Å². The van der Waals surface area contributed by atoms with Crippen LogP contribution >= 0.6 is 29.1 Å². The smallest absolute Gasteiger partial charge is 0.112 e. The Kier molecular flexibility index (Phi) is 6.41. The average molecular weight is 215 g/mol. The predicted molar refractivity (Wildman–Crippen MR) is 53.2 cm³/mol. The summed E-state index contributed by atoms with van der Waals surface area (Å²) >= 11 is 11.3. The largest absolute Gasteiger partial charge is 0.498 e. The SMILES string of the molecule is CCOC(=CP(Cl)Cl)C(C)C. The van der Waals surface area contributed by atoms with Crippen molar-refractivity contribution >= 4 is 29.1 Å². The third-order valence-electron chi connectivity index (χ3n) is 1.10. The Morgan fingerprint density at radius 3 is 2.36 bits per heavy atom. The number of ether oxygens (including phenoxy) is 1. The number of hydrogen-bond acceptors (Lipinski definition) is 1. The highest BCUT2D eigenvalue weighted by molar-refractivity contribution is 8.06. The molecular weight excluding hydrogens is 202 g/mol. The third-order valence-corrected chi connectivity index (χ3v) is 2.14. The van der Waals surface area contributed by atoms with Gasteiger partial charge in [0.1, 0.15) is 12.4 Å². The minimum atomic E-state index is -1.03. The lowest BCUT2D eigenvalue weighted by molar-refractivity contribution is 0.201. The van der Waals surface area contributed by atoms with Gasteiger partial charge in [0.25, 0.3) is 0 Å². The first-order chi connectivity index (χ1) is 5.07. The number of allylic oxidation sites excluding steroid dienone is 1. The van der Waals surface area contributed by atoms with Crippen LogP contribution in [0.1, 0.15) is 20.8 Å². The second kappa shape index (κ2) is 6.11. The van der Waals surface area contributed by atoms with Crippen LogP contribution < -0.4 is 0 Å². The maximum Gasteiger partial charge on any atom is 0.112 e. The van der Waals surface area contributed by atoms with Crippen molar-refractivity contribution in [1.82, 2.24) is 0 Å². The minimum absolute atomic E-state index is 0.359. The zero-order valence-corrected chi connectivity index (χ0v) is 9.38. The van der Waals surface area contributed by atoms with Crippen LogP contribution in [0.5, 0.6) is 0 Å². The molecule has 0 aliphatic carbocycles. The molecule has 0 radical (unpaired) electrons. The highest BCUT2D eigenvalue weighted by Gasteiger charge is 2.05. The van der Waals surface area contributed by atoms with E-state index in [1.807, 2.05) is 20.8 Å². The van der Waals surface area contributed by atoms with Crippen molar-refractivity contribution in [2.75, 3.05) is 6.61 Å². The molecule has 0 aromatic heterocycles. The molecule has 0 aromatic rings. The fraction of sp³-hybridized carbons (Fsp3) is 0.714. The third kappa shape index (κ3) is 5.78. The summed E-state index contributed by atoms with van der Waals surface area (Å²) in [5.41, 5.74) is 0. The van der Waals surface area contributed by atoms with E-state index in [0.29, 0.717) is 12.5 Å². The molecule has 0 rings (SSSR count). The van der Waals surface area contributed by atoms with E-state index < -0.39 is 6.63 Å². The Morgan fingerprint density at radius 2 is 2.09 bits per heavy atom. The summed E-state index contributed by atoms with van der Waals surface area (Å²) in [6.07, 6.45) is 0. The zero-order chi connectivity index (χ0) is 8.85. The Labute approximate surface area is 79.0 Å². The van der Waals surface area contributed by atoms with Crippen LogP contribution in [-0.4, -0.2) is 6.61 Å². The summed E-state index contributed by atoms with van der Waals surface area (Å²) in [6, 6.07) is 0. The van der Waals surface area contributed by atoms with Gasteiger partial charge < -0.3 is 4.74 Å². The maximum absolute atomic E-state index is 5.63. The van der Waals surface area contributed by atoms with Crippen LogP contribution in [0.3, 0.4) is 0 Å². The molecule has 4 heteroatoms. The van der Waals surface area contributed by atoms with Crippen LogP contribution in [0.25, 0.3) is 0 Å². The summed E-state index contributed by atoms with van der Waals surface area (Å²) in [5, 5.41) is 0. The van der Waals surface area contributed by atoms with Gasteiger partial charge in [-0.25, -0.2) is 0 Å². The molecule has 0 heterocycles. The Morgan fingerprint density at radius 1 is 1.55 bits per heavy atom. The van der Waals surface area contributed by atoms with Crippen molar-refractivity contribution in [3.8, 4) is 0 Å². The Hall–Kier alpha value is 0.550. The first-order valence-corrected chi connectivity index (χ1v) is 6.75. The van der Waals surface area contributed by atoms with Crippen molar-refractivity contribution in [2.45, 2.75) is 20.8 Å². The standard InChI is InChI=1S/C7H13Cl2OP/c1-4-10-7(6(2)3)5-11(8)9/h5-6H,4H2,1-3H3. The van der Waals surface area contributed by atoms with Gasteiger partial charge >= 0.3 is 0 Å². The molecule has 0 aromatic carbocycles. The van der Waals surface area contributed by atoms with Crippen LogP contribution in [-0.2, 0) is 4.74 Å². The quantitative estimate of drug-likeness (QED) is 0.501. The van der Waals surface area contributed by atoms with Crippen LogP contribution in [0.15, 0.2) is 11.6 Å². The second-order valence-corrected chi connectivity index (χ2v) is 5.86. The van der Waals surface area contributed by atoms with Gasteiger partial charge in [-0.2, -0.15) is 0 Å². The maximum atomic E-state index is 5.63. The fourth-order valence-electron chi connectivity index (χ4n) is 0.616. The van der Waals surface area contributed by atoms with Gasteiger partial charge in [-0.1, -0.05) is 36.3 Å². The van der Waals surface area contributed by atoms with Crippen molar-refractivity contribution in [1.29, 1.82) is 0 Å². The van der Waals surface area contributed by atoms with Gasteiger partial charge in [-0.05, 0) is 6.92 Å². The minimum Gasteiger partial charge on any atom is -0.498 e. The molecule has 11 heavy (non-hydrogen) atoms. The van der Waals surface area contributed by atoms with Crippen LogP contribution in [0.4, 0.5) is 0 Å². The predicted octanol–water partition coefficient (Wildman–Crippen LogP) is 4.31. The van der Waals surface area contributed by atoms with Crippen LogP contribution in [0.2, 0.25) is 0 Å². The molecule has 0 fully saturated rings. The summed E-state index contributed by atoms with van der Waals surface area (Å²) in [5.74, 6) is 3.04. The van der Waals surface area contributed by atoms with E-state index in [9.17, 15) is 0 Å². The fourth-order valence-corrected chi connectivity index (χ4v) is 1.76. The monoisotopic (exact) mass is 214 g/mol. The van der Waals surface area contributed by atoms with E-state index in [4.69, 9.17) is 27.2 Å². The number of halogens is 2. The highest BCUT2D eigenvalue weighted by Crippen LogP contribution is 2.49. The molecule has 0 amide bonds. The topological polar surface area (TPSA) is 9.23 Å². The Balaban J connectivity index is 4.08. The normalized spacial score (nSPS) is 12.8. The van der Waals surface area contributed by atoms with Gasteiger partial charge in [0, 0.05) is 11.7 Å². The summed E-state index contributed by atoms with van der Waals surface area (Å²) in [7, 11) is 0. The number of hydrogen-bond donors (Lipinski definition) is 0. The molecular formula is C7H13Cl2OP. The average Bonchev–Trinajstić information content (AvgIpc) is 1.86. The molecule has 0 unspecified atom stereocenters. The van der Waals surface area contributed by atoms with E-state index in [0.717, 1.165) is 5.76 Å². The van der Waals surface area contributed by atoms with Crippen molar-refractivity contribution in [3.63, 3.8) is 0 Å². The van der Waals surface area contributed by atoms with E-state index in [2.05, 4.69) is 0 Å². The van der Waals surface area contributed by atoms with Crippen molar-refractivity contribution in [3.05, 3.63) is 11.6 Å². The highest BCUT2D eigenvalue weighted by atomic mass is 35.9. The van der Waals surface area contributed by atoms with Crippen LogP contribution in [0, 0.1) is 5.92 Å². The lowest BCUT2D eigenvalue weighted by Crippen LogP contribution is -1.98.